The summed E-state index contributed by atoms with van der Waals surface area (Å²) < 4.78 is 39.3. The highest BCUT2D eigenvalue weighted by molar-refractivity contribution is 7.89. The van der Waals surface area contributed by atoms with Crippen LogP contribution in [0.3, 0.4) is 0 Å². The molecule has 0 saturated carbocycles. The molecule has 2 aliphatic heterocycles. The lowest BCUT2D eigenvalue weighted by Gasteiger charge is -2.36. The first kappa shape index (κ1) is 22.5. The molecule has 0 unspecified atom stereocenters. The van der Waals surface area contributed by atoms with Crippen LogP contribution in [0.5, 0.6) is 5.75 Å². The first-order valence-electron chi connectivity index (χ1n) is 11.3. The Morgan fingerprint density at radius 3 is 2.41 bits per heavy atom. The highest BCUT2D eigenvalue weighted by Crippen LogP contribution is 2.34. The molecule has 0 bridgehead atoms. The van der Waals surface area contributed by atoms with E-state index >= 15 is 0 Å². The zero-order valence-electron chi connectivity index (χ0n) is 19.0. The molecular formula is C25H27N3O5S. The van der Waals surface area contributed by atoms with Crippen LogP contribution >= 0.6 is 0 Å². The summed E-state index contributed by atoms with van der Waals surface area (Å²) in [6.45, 7) is 2.94. The van der Waals surface area contributed by atoms with Crippen molar-refractivity contribution in [3.63, 3.8) is 0 Å². The Labute approximate surface area is 199 Å². The molecule has 0 atom stereocenters. The van der Waals surface area contributed by atoms with Gasteiger partial charge in [-0.25, -0.2) is 8.42 Å². The summed E-state index contributed by atoms with van der Waals surface area (Å²) in [6, 6.07) is 16.3. The van der Waals surface area contributed by atoms with E-state index in [1.165, 1.54) is 11.8 Å². The zero-order valence-corrected chi connectivity index (χ0v) is 19.8. The summed E-state index contributed by atoms with van der Waals surface area (Å²) in [4.78, 5) is 16.6. The Bertz CT molecular complexity index is 1280. The van der Waals surface area contributed by atoms with Gasteiger partial charge in [0.05, 0.1) is 24.0 Å². The highest BCUT2D eigenvalue weighted by Gasteiger charge is 2.30. The Morgan fingerprint density at radius 2 is 1.71 bits per heavy atom. The van der Waals surface area contributed by atoms with E-state index < -0.39 is 10.0 Å². The number of rotatable bonds is 5. The minimum absolute atomic E-state index is 0.140. The molecule has 3 aromatic rings. The number of hydrogen-bond donors (Lipinski definition) is 0. The number of amides is 1. The molecule has 8 nitrogen and oxygen atoms in total. The normalized spacial score (nSPS) is 16.9. The van der Waals surface area contributed by atoms with Gasteiger partial charge in [-0.2, -0.15) is 4.31 Å². The van der Waals surface area contributed by atoms with Crippen LogP contribution in [0.1, 0.15) is 21.7 Å². The summed E-state index contributed by atoms with van der Waals surface area (Å²) in [6.07, 6.45) is 2.19. The van der Waals surface area contributed by atoms with E-state index in [4.69, 9.17) is 9.15 Å². The molecule has 1 fully saturated rings. The van der Waals surface area contributed by atoms with E-state index in [1.807, 2.05) is 18.2 Å². The molecular weight excluding hydrogens is 454 g/mol. The number of sulfonamides is 1. The third kappa shape index (κ3) is 4.17. The molecule has 0 aliphatic carbocycles. The first-order valence-corrected chi connectivity index (χ1v) is 12.7. The maximum atomic E-state index is 13.5. The quantitative estimate of drug-likeness (QED) is 0.557. The molecule has 2 aliphatic rings. The molecule has 178 valence electrons. The van der Waals surface area contributed by atoms with Crippen LogP contribution < -0.4 is 9.64 Å². The van der Waals surface area contributed by atoms with Gasteiger partial charge in [0.25, 0.3) is 5.91 Å². The second-order valence-electron chi connectivity index (χ2n) is 8.45. The zero-order chi connectivity index (χ0) is 23.7. The fourth-order valence-corrected chi connectivity index (χ4v) is 6.05. The molecule has 5 rings (SSSR count). The average molecular weight is 482 g/mol. The van der Waals surface area contributed by atoms with Crippen LogP contribution in [0.2, 0.25) is 0 Å². The molecule has 0 N–H and O–H groups in total. The minimum atomic E-state index is -3.67. The van der Waals surface area contributed by atoms with Gasteiger partial charge in [-0.15, -0.1) is 0 Å². The molecule has 0 spiro atoms. The Kier molecular flexibility index (Phi) is 6.05. The number of piperazine rings is 1. The molecule has 1 aromatic heterocycles. The van der Waals surface area contributed by atoms with Crippen LogP contribution in [0.15, 0.2) is 70.2 Å². The lowest BCUT2D eigenvalue weighted by atomic mass is 10.0. The van der Waals surface area contributed by atoms with Gasteiger partial charge in [-0.3, -0.25) is 4.79 Å². The van der Waals surface area contributed by atoms with Crippen molar-refractivity contribution in [2.75, 3.05) is 44.7 Å². The van der Waals surface area contributed by atoms with Crippen LogP contribution in [0.25, 0.3) is 0 Å². The van der Waals surface area contributed by atoms with Crippen molar-refractivity contribution in [1.29, 1.82) is 0 Å². The van der Waals surface area contributed by atoms with E-state index in [2.05, 4.69) is 11.0 Å². The van der Waals surface area contributed by atoms with E-state index in [1.54, 1.807) is 46.6 Å². The number of methoxy groups -OCH3 is 1. The van der Waals surface area contributed by atoms with Crippen molar-refractivity contribution in [2.45, 2.75) is 17.9 Å². The second kappa shape index (κ2) is 9.15. The lowest BCUT2D eigenvalue weighted by molar-refractivity contribution is 0.0714. The number of fused-ring (bicyclic) bond motifs is 1. The second-order valence-corrected chi connectivity index (χ2v) is 10.4. The third-order valence-electron chi connectivity index (χ3n) is 6.52. The maximum absolute atomic E-state index is 13.5. The fraction of sp³-hybridized carbons (Fsp3) is 0.320. The minimum Gasteiger partial charge on any atom is -0.495 e. The largest absolute Gasteiger partial charge is 0.495 e. The summed E-state index contributed by atoms with van der Waals surface area (Å²) >= 11 is 0. The number of nitrogens with zero attached hydrogens (tertiary/aromatic N) is 3. The summed E-state index contributed by atoms with van der Waals surface area (Å²) in [5.74, 6) is 0.786. The molecule has 34 heavy (non-hydrogen) atoms. The van der Waals surface area contributed by atoms with Crippen LogP contribution in [0, 0.1) is 0 Å². The van der Waals surface area contributed by atoms with Crippen molar-refractivity contribution in [2.24, 2.45) is 0 Å². The van der Waals surface area contributed by atoms with Crippen LogP contribution in [0.4, 0.5) is 5.69 Å². The van der Waals surface area contributed by atoms with Crippen molar-refractivity contribution < 1.29 is 22.4 Å². The number of ether oxygens (including phenoxy) is 1. The van der Waals surface area contributed by atoms with Crippen molar-refractivity contribution in [3.05, 3.63) is 77.7 Å². The number of carbonyl (C=O) groups is 1. The van der Waals surface area contributed by atoms with Crippen LogP contribution in [-0.4, -0.2) is 63.4 Å². The van der Waals surface area contributed by atoms with Crippen molar-refractivity contribution in [1.82, 2.24) is 9.21 Å². The fourth-order valence-electron chi connectivity index (χ4n) is 4.61. The standard InChI is InChI=1S/C25H27N3O5S/c1-32-23-9-8-21(34(30,31)28-11-10-19-5-2-3-6-20(19)18-28)17-22(23)26-12-14-27(15-13-26)25(29)24-7-4-16-33-24/h2-9,16-17H,10-15,18H2,1H3. The lowest BCUT2D eigenvalue weighted by Crippen LogP contribution is -2.48. The van der Waals surface area contributed by atoms with E-state index in [9.17, 15) is 13.2 Å². The van der Waals surface area contributed by atoms with E-state index in [0.717, 1.165) is 5.56 Å². The highest BCUT2D eigenvalue weighted by atomic mass is 32.2. The number of hydrogen-bond acceptors (Lipinski definition) is 6. The average Bonchev–Trinajstić information content (AvgIpc) is 3.43. The Balaban J connectivity index is 1.35. The molecule has 1 amide bonds. The van der Waals surface area contributed by atoms with Gasteiger partial charge in [0, 0.05) is 39.3 Å². The molecule has 2 aromatic carbocycles. The van der Waals surface area contributed by atoms with Gasteiger partial charge in [0.1, 0.15) is 5.75 Å². The SMILES string of the molecule is COc1ccc(S(=O)(=O)N2CCc3ccccc3C2)cc1N1CCN(C(=O)c2ccco2)CC1. The molecule has 1 saturated heterocycles. The smallest absolute Gasteiger partial charge is 0.289 e. The van der Waals surface area contributed by atoms with Gasteiger partial charge in [0.15, 0.2) is 5.76 Å². The van der Waals surface area contributed by atoms with Gasteiger partial charge in [-0.05, 0) is 47.9 Å². The van der Waals surface area contributed by atoms with E-state index in [0.29, 0.717) is 62.9 Å². The number of benzene rings is 2. The Morgan fingerprint density at radius 1 is 0.941 bits per heavy atom. The third-order valence-corrected chi connectivity index (χ3v) is 8.36. The van der Waals surface area contributed by atoms with Gasteiger partial charge < -0.3 is 19.0 Å². The first-order chi connectivity index (χ1) is 16.5. The molecule has 3 heterocycles. The summed E-state index contributed by atoms with van der Waals surface area (Å²) in [5, 5.41) is 0. The number of carbonyl (C=O) groups excluding carboxylic acids is 1. The predicted octanol–water partition coefficient (Wildman–Crippen LogP) is 3.00. The monoisotopic (exact) mass is 481 g/mol. The van der Waals surface area contributed by atoms with Gasteiger partial charge in [-0.1, -0.05) is 24.3 Å². The number of furan rings is 1. The number of anilines is 1. The van der Waals surface area contributed by atoms with E-state index in [-0.39, 0.29) is 10.8 Å². The van der Waals surface area contributed by atoms with Crippen molar-refractivity contribution in [3.8, 4) is 5.75 Å². The maximum Gasteiger partial charge on any atom is 0.289 e. The predicted molar refractivity (Wildman–Crippen MR) is 128 cm³/mol. The Hall–Kier alpha value is -3.30. The van der Waals surface area contributed by atoms with Gasteiger partial charge >= 0.3 is 0 Å². The molecule has 0 radical (unpaired) electrons. The van der Waals surface area contributed by atoms with Crippen molar-refractivity contribution >= 4 is 21.6 Å². The van der Waals surface area contributed by atoms with Gasteiger partial charge in [0.2, 0.25) is 10.0 Å². The molecule has 9 heteroatoms. The van der Waals surface area contributed by atoms with Crippen LogP contribution in [-0.2, 0) is 23.0 Å². The topological polar surface area (TPSA) is 83.3 Å². The summed E-state index contributed by atoms with van der Waals surface area (Å²) in [7, 11) is -2.10. The summed E-state index contributed by atoms with van der Waals surface area (Å²) in [5.41, 5.74) is 2.96.